The number of nitrogens with one attached hydrogen (secondary N) is 2. The maximum Gasteiger partial charge on any atom is 0.341 e. The van der Waals surface area contributed by atoms with Crippen LogP contribution in [-0.4, -0.2) is 19.1 Å². The number of benzene rings is 1. The smallest absolute Gasteiger partial charge is 0.341 e. The van der Waals surface area contributed by atoms with Crippen molar-refractivity contribution in [3.05, 3.63) is 59.0 Å². The number of amides is 2. The molecule has 6 heteroatoms. The molecule has 0 bridgehead atoms. The summed E-state index contributed by atoms with van der Waals surface area (Å²) in [6, 6.07) is 10.8. The predicted molar refractivity (Wildman–Crippen MR) is 85.0 cm³/mol. The second kappa shape index (κ2) is 7.49. The third-order valence-electron chi connectivity index (χ3n) is 3.44. The average molecular weight is 316 g/mol. The van der Waals surface area contributed by atoms with Crippen molar-refractivity contribution in [3.63, 3.8) is 0 Å². The van der Waals surface area contributed by atoms with Gasteiger partial charge in [-0.05, 0) is 25.5 Å². The molecule has 2 aromatic rings. The minimum Gasteiger partial charge on any atom is -0.465 e. The van der Waals surface area contributed by atoms with Crippen molar-refractivity contribution in [1.82, 2.24) is 10.6 Å². The Kier molecular flexibility index (Phi) is 5.41. The SMILES string of the molecule is COC(=O)c1cc(CNC(=O)NC(C)c2ccccc2)oc1C. The van der Waals surface area contributed by atoms with Gasteiger partial charge in [-0.2, -0.15) is 0 Å². The first kappa shape index (κ1) is 16.6. The van der Waals surface area contributed by atoms with Crippen LogP contribution in [0.1, 0.15) is 40.4 Å². The summed E-state index contributed by atoms with van der Waals surface area (Å²) < 4.78 is 10.1. The summed E-state index contributed by atoms with van der Waals surface area (Å²) in [7, 11) is 1.31. The summed E-state index contributed by atoms with van der Waals surface area (Å²) in [5, 5.41) is 5.54. The van der Waals surface area contributed by atoms with Crippen LogP contribution in [0.3, 0.4) is 0 Å². The Morgan fingerprint density at radius 2 is 1.96 bits per heavy atom. The highest BCUT2D eigenvalue weighted by molar-refractivity contribution is 5.90. The van der Waals surface area contributed by atoms with Crippen molar-refractivity contribution < 1.29 is 18.7 Å². The Morgan fingerprint density at radius 1 is 1.26 bits per heavy atom. The van der Waals surface area contributed by atoms with Gasteiger partial charge in [0.15, 0.2) is 0 Å². The van der Waals surface area contributed by atoms with Crippen LogP contribution in [0.15, 0.2) is 40.8 Å². The van der Waals surface area contributed by atoms with Crippen molar-refractivity contribution in [3.8, 4) is 0 Å². The van der Waals surface area contributed by atoms with Gasteiger partial charge >= 0.3 is 12.0 Å². The van der Waals surface area contributed by atoms with E-state index in [2.05, 4.69) is 15.4 Å². The van der Waals surface area contributed by atoms with Crippen molar-refractivity contribution in [1.29, 1.82) is 0 Å². The quantitative estimate of drug-likeness (QED) is 0.831. The fourth-order valence-corrected chi connectivity index (χ4v) is 2.18. The van der Waals surface area contributed by atoms with E-state index in [-0.39, 0.29) is 18.6 Å². The van der Waals surface area contributed by atoms with Crippen LogP contribution in [0.4, 0.5) is 4.79 Å². The molecule has 2 N–H and O–H groups in total. The van der Waals surface area contributed by atoms with Crippen molar-refractivity contribution in [2.75, 3.05) is 7.11 Å². The number of carbonyl (C=O) groups is 2. The Hall–Kier alpha value is -2.76. The molecule has 0 saturated carbocycles. The zero-order chi connectivity index (χ0) is 16.8. The van der Waals surface area contributed by atoms with E-state index in [1.807, 2.05) is 37.3 Å². The number of carbonyl (C=O) groups excluding carboxylic acids is 2. The molecule has 0 spiro atoms. The van der Waals surface area contributed by atoms with Gasteiger partial charge in [0.1, 0.15) is 17.1 Å². The number of hydrogen-bond acceptors (Lipinski definition) is 4. The number of ether oxygens (including phenoxy) is 1. The number of furan rings is 1. The normalized spacial score (nSPS) is 11.6. The number of rotatable bonds is 5. The maximum absolute atomic E-state index is 11.9. The molecule has 0 aliphatic carbocycles. The van der Waals surface area contributed by atoms with Crippen LogP contribution in [0.5, 0.6) is 0 Å². The van der Waals surface area contributed by atoms with Crippen LogP contribution in [-0.2, 0) is 11.3 Å². The van der Waals surface area contributed by atoms with E-state index in [0.717, 1.165) is 5.56 Å². The number of esters is 1. The van der Waals surface area contributed by atoms with Gasteiger partial charge in [0.2, 0.25) is 0 Å². The summed E-state index contributed by atoms with van der Waals surface area (Å²) in [4.78, 5) is 23.4. The Bertz CT molecular complexity index is 679. The molecule has 1 aromatic carbocycles. The van der Waals surface area contributed by atoms with Crippen LogP contribution in [0, 0.1) is 6.92 Å². The Morgan fingerprint density at radius 3 is 2.61 bits per heavy atom. The van der Waals surface area contributed by atoms with Crippen LogP contribution in [0.25, 0.3) is 0 Å². The van der Waals surface area contributed by atoms with E-state index < -0.39 is 5.97 Å². The molecule has 2 rings (SSSR count). The number of aryl methyl sites for hydroxylation is 1. The first-order chi connectivity index (χ1) is 11.0. The van der Waals surface area contributed by atoms with Crippen LogP contribution >= 0.6 is 0 Å². The second-order valence-corrected chi connectivity index (χ2v) is 5.13. The van der Waals surface area contributed by atoms with E-state index >= 15 is 0 Å². The molecule has 1 unspecified atom stereocenters. The minimum atomic E-state index is -0.459. The zero-order valence-corrected chi connectivity index (χ0v) is 13.4. The molecule has 1 aromatic heterocycles. The topological polar surface area (TPSA) is 80.6 Å². The van der Waals surface area contributed by atoms with Crippen molar-refractivity contribution in [2.45, 2.75) is 26.4 Å². The van der Waals surface area contributed by atoms with Gasteiger partial charge in [-0.3, -0.25) is 0 Å². The highest BCUT2D eigenvalue weighted by atomic mass is 16.5. The summed E-state index contributed by atoms with van der Waals surface area (Å²) in [5.41, 5.74) is 1.38. The van der Waals surface area contributed by atoms with Gasteiger partial charge in [-0.1, -0.05) is 30.3 Å². The monoisotopic (exact) mass is 316 g/mol. The number of hydrogen-bond donors (Lipinski definition) is 2. The third kappa shape index (κ3) is 4.35. The molecule has 0 aliphatic heterocycles. The molecule has 23 heavy (non-hydrogen) atoms. The fraction of sp³-hybridized carbons (Fsp3) is 0.294. The van der Waals surface area contributed by atoms with Gasteiger partial charge in [0, 0.05) is 0 Å². The lowest BCUT2D eigenvalue weighted by Gasteiger charge is -2.14. The molecule has 1 heterocycles. The van der Waals surface area contributed by atoms with E-state index in [1.54, 1.807) is 13.0 Å². The molecule has 0 aliphatic rings. The van der Waals surface area contributed by atoms with E-state index in [0.29, 0.717) is 17.1 Å². The molecule has 6 nitrogen and oxygen atoms in total. The van der Waals surface area contributed by atoms with E-state index in [9.17, 15) is 9.59 Å². The fourth-order valence-electron chi connectivity index (χ4n) is 2.18. The van der Waals surface area contributed by atoms with E-state index in [4.69, 9.17) is 4.42 Å². The minimum absolute atomic E-state index is 0.111. The molecule has 0 saturated heterocycles. The lowest BCUT2D eigenvalue weighted by molar-refractivity contribution is 0.0598. The van der Waals surface area contributed by atoms with Crippen molar-refractivity contribution >= 4 is 12.0 Å². The lowest BCUT2D eigenvalue weighted by Crippen LogP contribution is -2.36. The third-order valence-corrected chi connectivity index (χ3v) is 3.44. The van der Waals surface area contributed by atoms with Gasteiger partial charge in [-0.25, -0.2) is 9.59 Å². The first-order valence-electron chi connectivity index (χ1n) is 7.28. The highest BCUT2D eigenvalue weighted by Gasteiger charge is 2.16. The molecular weight excluding hydrogens is 296 g/mol. The average Bonchev–Trinajstić information content (AvgIpc) is 2.94. The van der Waals surface area contributed by atoms with Crippen LogP contribution in [0.2, 0.25) is 0 Å². The van der Waals surface area contributed by atoms with Gasteiger partial charge in [-0.15, -0.1) is 0 Å². The van der Waals surface area contributed by atoms with E-state index in [1.165, 1.54) is 7.11 Å². The summed E-state index contributed by atoms with van der Waals surface area (Å²) in [6.07, 6.45) is 0. The van der Waals surface area contributed by atoms with Gasteiger partial charge in [0.25, 0.3) is 0 Å². The molecular formula is C17H20N2O4. The zero-order valence-electron chi connectivity index (χ0n) is 13.4. The molecule has 2 amide bonds. The molecule has 122 valence electrons. The predicted octanol–water partition coefficient (Wildman–Crippen LogP) is 2.94. The maximum atomic E-state index is 11.9. The Labute approximate surface area is 134 Å². The summed E-state index contributed by atoms with van der Waals surface area (Å²) >= 11 is 0. The first-order valence-corrected chi connectivity index (χ1v) is 7.28. The van der Waals surface area contributed by atoms with Gasteiger partial charge in [0.05, 0.1) is 19.7 Å². The van der Waals surface area contributed by atoms with Crippen molar-refractivity contribution in [2.24, 2.45) is 0 Å². The molecule has 1 atom stereocenters. The number of methoxy groups -OCH3 is 1. The number of urea groups is 1. The molecule has 0 radical (unpaired) electrons. The second-order valence-electron chi connectivity index (χ2n) is 5.13. The summed E-state index contributed by atoms with van der Waals surface area (Å²) in [5.74, 6) is 0.497. The molecule has 0 fully saturated rings. The van der Waals surface area contributed by atoms with Gasteiger partial charge < -0.3 is 19.8 Å². The Balaban J connectivity index is 1.88. The lowest BCUT2D eigenvalue weighted by atomic mass is 10.1. The largest absolute Gasteiger partial charge is 0.465 e. The summed E-state index contributed by atoms with van der Waals surface area (Å²) in [6.45, 7) is 3.76. The van der Waals surface area contributed by atoms with Crippen LogP contribution < -0.4 is 10.6 Å². The standard InChI is InChI=1S/C17H20N2O4/c1-11(13-7-5-4-6-8-13)19-17(21)18-10-14-9-15(12(2)23-14)16(20)22-3/h4-9,11H,10H2,1-3H3,(H2,18,19,21). The highest BCUT2D eigenvalue weighted by Crippen LogP contribution is 2.15.